The van der Waals surface area contributed by atoms with Gasteiger partial charge in [-0.25, -0.2) is 9.78 Å². The van der Waals surface area contributed by atoms with Crippen LogP contribution in [0.5, 0.6) is 5.88 Å². The molecule has 6 nitrogen and oxygen atoms in total. The zero-order valence-corrected chi connectivity index (χ0v) is 15.1. The fraction of sp³-hybridized carbons (Fsp3) is 0.400. The number of anilines is 1. The van der Waals surface area contributed by atoms with Crippen LogP contribution in [0, 0.1) is 0 Å². The zero-order chi connectivity index (χ0) is 18.2. The SMILES string of the molecule is CCOc1ncccc1NC(=O)NCC(c1ccccc1)N1CCCC1. The summed E-state index contributed by atoms with van der Waals surface area (Å²) >= 11 is 0. The number of ether oxygens (including phenoxy) is 1. The highest BCUT2D eigenvalue weighted by molar-refractivity contribution is 5.90. The molecule has 26 heavy (non-hydrogen) atoms. The van der Waals surface area contributed by atoms with Crippen molar-refractivity contribution in [2.75, 3.05) is 31.6 Å². The van der Waals surface area contributed by atoms with Gasteiger partial charge in [-0.15, -0.1) is 0 Å². The molecule has 0 saturated carbocycles. The van der Waals surface area contributed by atoms with E-state index in [-0.39, 0.29) is 12.1 Å². The Balaban J connectivity index is 1.63. The third-order valence-electron chi connectivity index (χ3n) is 4.52. The number of hydrogen-bond donors (Lipinski definition) is 2. The summed E-state index contributed by atoms with van der Waals surface area (Å²) in [5.74, 6) is 0.435. The van der Waals surface area contributed by atoms with Crippen molar-refractivity contribution in [3.05, 3.63) is 54.2 Å². The molecule has 1 aliphatic rings. The Morgan fingerprint density at radius 2 is 1.96 bits per heavy atom. The number of carbonyl (C=O) groups is 1. The van der Waals surface area contributed by atoms with Crippen LogP contribution < -0.4 is 15.4 Å². The van der Waals surface area contributed by atoms with Gasteiger partial charge in [-0.2, -0.15) is 0 Å². The number of likely N-dealkylation sites (tertiary alicyclic amines) is 1. The lowest BCUT2D eigenvalue weighted by Gasteiger charge is -2.28. The van der Waals surface area contributed by atoms with Crippen LogP contribution in [0.25, 0.3) is 0 Å². The van der Waals surface area contributed by atoms with Gasteiger partial charge >= 0.3 is 6.03 Å². The van der Waals surface area contributed by atoms with Gasteiger partial charge in [0.05, 0.1) is 12.6 Å². The minimum Gasteiger partial charge on any atom is -0.476 e. The maximum atomic E-state index is 12.4. The van der Waals surface area contributed by atoms with Gasteiger partial charge in [0.15, 0.2) is 0 Å². The second kappa shape index (κ2) is 9.20. The Bertz CT molecular complexity index is 702. The number of nitrogens with one attached hydrogen (secondary N) is 2. The van der Waals surface area contributed by atoms with Crippen molar-refractivity contribution in [1.82, 2.24) is 15.2 Å². The van der Waals surface area contributed by atoms with Crippen molar-refractivity contribution in [3.8, 4) is 5.88 Å². The molecule has 1 fully saturated rings. The number of aromatic nitrogens is 1. The number of hydrogen-bond acceptors (Lipinski definition) is 4. The van der Waals surface area contributed by atoms with E-state index in [4.69, 9.17) is 4.74 Å². The third kappa shape index (κ3) is 4.73. The average molecular weight is 354 g/mol. The molecule has 1 aromatic carbocycles. The summed E-state index contributed by atoms with van der Waals surface area (Å²) in [6.45, 7) is 5.08. The lowest BCUT2D eigenvalue weighted by molar-refractivity contribution is 0.227. The number of pyridine rings is 1. The quantitative estimate of drug-likeness (QED) is 0.799. The molecule has 1 aliphatic heterocycles. The molecule has 2 amide bonds. The minimum absolute atomic E-state index is 0.185. The molecule has 1 aromatic heterocycles. The van der Waals surface area contributed by atoms with E-state index in [0.717, 1.165) is 13.1 Å². The molecule has 2 heterocycles. The number of urea groups is 1. The fourth-order valence-corrected chi connectivity index (χ4v) is 3.28. The summed E-state index contributed by atoms with van der Waals surface area (Å²) in [5, 5.41) is 5.84. The van der Waals surface area contributed by atoms with Crippen LogP contribution in [-0.2, 0) is 0 Å². The molecule has 3 rings (SSSR count). The van der Waals surface area contributed by atoms with E-state index in [1.807, 2.05) is 25.1 Å². The van der Waals surface area contributed by atoms with Gasteiger partial charge < -0.3 is 15.4 Å². The standard InChI is InChI=1S/C20H26N4O2/c1-2-26-19-17(11-8-12-21-19)23-20(25)22-15-18(24-13-6-7-14-24)16-9-4-3-5-10-16/h3-5,8-12,18H,2,6-7,13-15H2,1H3,(H2,22,23,25). The highest BCUT2D eigenvalue weighted by Crippen LogP contribution is 2.25. The largest absolute Gasteiger partial charge is 0.476 e. The molecule has 1 unspecified atom stereocenters. The molecule has 0 bridgehead atoms. The van der Waals surface area contributed by atoms with Gasteiger partial charge in [-0.3, -0.25) is 4.90 Å². The maximum Gasteiger partial charge on any atom is 0.319 e. The van der Waals surface area contributed by atoms with Gasteiger partial charge in [0.2, 0.25) is 5.88 Å². The Labute approximate surface area is 154 Å². The highest BCUT2D eigenvalue weighted by Gasteiger charge is 2.23. The molecule has 2 N–H and O–H groups in total. The van der Waals surface area contributed by atoms with Crippen LogP contribution in [0.3, 0.4) is 0 Å². The van der Waals surface area contributed by atoms with E-state index in [9.17, 15) is 4.79 Å². The second-order valence-electron chi connectivity index (χ2n) is 6.29. The Morgan fingerprint density at radius 3 is 2.69 bits per heavy atom. The summed E-state index contributed by atoms with van der Waals surface area (Å²) < 4.78 is 5.45. The second-order valence-corrected chi connectivity index (χ2v) is 6.29. The Kier molecular flexibility index (Phi) is 6.44. The Hall–Kier alpha value is -2.60. The predicted octanol–water partition coefficient (Wildman–Crippen LogP) is 3.44. The highest BCUT2D eigenvalue weighted by atomic mass is 16.5. The van der Waals surface area contributed by atoms with E-state index in [1.54, 1.807) is 18.3 Å². The van der Waals surface area contributed by atoms with Crippen LogP contribution in [0.1, 0.15) is 31.4 Å². The lowest BCUT2D eigenvalue weighted by Crippen LogP contribution is -2.38. The van der Waals surface area contributed by atoms with Gasteiger partial charge in [0.1, 0.15) is 5.69 Å². The lowest BCUT2D eigenvalue weighted by atomic mass is 10.1. The van der Waals surface area contributed by atoms with Gasteiger partial charge in [-0.1, -0.05) is 30.3 Å². The topological polar surface area (TPSA) is 66.5 Å². The first-order chi connectivity index (χ1) is 12.8. The fourth-order valence-electron chi connectivity index (χ4n) is 3.28. The molecule has 1 atom stereocenters. The van der Waals surface area contributed by atoms with Crippen molar-refractivity contribution in [2.45, 2.75) is 25.8 Å². The number of benzene rings is 1. The van der Waals surface area contributed by atoms with E-state index in [0.29, 0.717) is 24.7 Å². The predicted molar refractivity (Wildman–Crippen MR) is 102 cm³/mol. The summed E-state index contributed by atoms with van der Waals surface area (Å²) in [6, 6.07) is 13.8. The van der Waals surface area contributed by atoms with Crippen molar-refractivity contribution >= 4 is 11.7 Å². The molecule has 2 aromatic rings. The number of carbonyl (C=O) groups excluding carboxylic acids is 1. The molecule has 1 saturated heterocycles. The van der Waals surface area contributed by atoms with Crippen LogP contribution >= 0.6 is 0 Å². The van der Waals surface area contributed by atoms with E-state index in [2.05, 4.69) is 32.7 Å². The zero-order valence-electron chi connectivity index (χ0n) is 15.1. The van der Waals surface area contributed by atoms with Crippen LogP contribution in [-0.4, -0.2) is 42.2 Å². The number of nitrogens with zero attached hydrogens (tertiary/aromatic N) is 2. The van der Waals surface area contributed by atoms with Crippen molar-refractivity contribution < 1.29 is 9.53 Å². The van der Waals surface area contributed by atoms with Crippen molar-refractivity contribution in [2.24, 2.45) is 0 Å². The number of rotatable bonds is 7. The summed E-state index contributed by atoms with van der Waals surface area (Å²) in [6.07, 6.45) is 4.07. The van der Waals surface area contributed by atoms with Gasteiger partial charge in [-0.05, 0) is 50.6 Å². The first kappa shape index (κ1) is 18.2. The summed E-state index contributed by atoms with van der Waals surface area (Å²) in [7, 11) is 0. The third-order valence-corrected chi connectivity index (χ3v) is 4.52. The van der Waals surface area contributed by atoms with Crippen molar-refractivity contribution in [3.63, 3.8) is 0 Å². The van der Waals surface area contributed by atoms with Crippen molar-refractivity contribution in [1.29, 1.82) is 0 Å². The molecule has 0 radical (unpaired) electrons. The summed E-state index contributed by atoms with van der Waals surface area (Å²) in [5.41, 5.74) is 1.80. The Morgan fingerprint density at radius 1 is 1.19 bits per heavy atom. The first-order valence-electron chi connectivity index (χ1n) is 9.19. The summed E-state index contributed by atoms with van der Waals surface area (Å²) in [4.78, 5) is 19.0. The number of amides is 2. The van der Waals surface area contributed by atoms with E-state index < -0.39 is 0 Å². The average Bonchev–Trinajstić information content (AvgIpc) is 3.19. The molecular formula is C20H26N4O2. The first-order valence-corrected chi connectivity index (χ1v) is 9.19. The normalized spacial score (nSPS) is 15.4. The van der Waals surface area contributed by atoms with Gasteiger partial charge in [0.25, 0.3) is 0 Å². The monoisotopic (exact) mass is 354 g/mol. The molecule has 0 spiro atoms. The molecule has 0 aliphatic carbocycles. The van der Waals surface area contributed by atoms with E-state index >= 15 is 0 Å². The van der Waals surface area contributed by atoms with Crippen LogP contribution in [0.15, 0.2) is 48.7 Å². The maximum absolute atomic E-state index is 12.4. The van der Waals surface area contributed by atoms with Gasteiger partial charge in [0, 0.05) is 12.7 Å². The molecule has 138 valence electrons. The van der Waals surface area contributed by atoms with E-state index in [1.165, 1.54) is 18.4 Å². The smallest absolute Gasteiger partial charge is 0.319 e. The van der Waals surface area contributed by atoms with Crippen LogP contribution in [0.2, 0.25) is 0 Å². The molecule has 6 heteroatoms. The molecular weight excluding hydrogens is 328 g/mol. The minimum atomic E-state index is -0.251. The van der Waals surface area contributed by atoms with Crippen LogP contribution in [0.4, 0.5) is 10.5 Å².